The van der Waals surface area contributed by atoms with E-state index in [9.17, 15) is 0 Å². The molecule has 2 heteroatoms. The van der Waals surface area contributed by atoms with Crippen LogP contribution in [-0.2, 0) is 0 Å². The molecule has 0 aliphatic heterocycles. The Bertz CT molecular complexity index is 400. The summed E-state index contributed by atoms with van der Waals surface area (Å²) in [5.41, 5.74) is 1.80. The summed E-state index contributed by atoms with van der Waals surface area (Å²) in [4.78, 5) is 0. The lowest BCUT2D eigenvalue weighted by Crippen LogP contribution is -2.45. The van der Waals surface area contributed by atoms with Gasteiger partial charge in [0.15, 0.2) is 0 Å². The van der Waals surface area contributed by atoms with Gasteiger partial charge >= 0.3 is 0 Å². The molecule has 1 aromatic rings. The van der Waals surface area contributed by atoms with Gasteiger partial charge in [0, 0.05) is 16.6 Å². The third kappa shape index (κ3) is 3.36. The summed E-state index contributed by atoms with van der Waals surface area (Å²) in [5, 5.41) is 3.83. The summed E-state index contributed by atoms with van der Waals surface area (Å²) in [5.74, 6) is 0. The molecule has 0 radical (unpaired) electrons. The standard InChI is InChI=1S/C16H24BrN/c1-12(13-7-6-8-14(17)11-13)18-15-9-4-5-10-16(15,2)3/h6-8,11-12,15,18H,4-5,9-10H2,1-3H3/t12-,15?/m1/s1. The second-order valence-electron chi connectivity index (χ2n) is 6.23. The van der Waals surface area contributed by atoms with E-state index in [2.05, 4.69) is 66.3 Å². The first-order valence-electron chi connectivity index (χ1n) is 7.00. The molecule has 0 spiro atoms. The molecule has 100 valence electrons. The fourth-order valence-electron chi connectivity index (χ4n) is 2.98. The van der Waals surface area contributed by atoms with Gasteiger partial charge < -0.3 is 5.32 Å². The average molecular weight is 310 g/mol. The Morgan fingerprint density at radius 2 is 2.11 bits per heavy atom. The van der Waals surface area contributed by atoms with E-state index < -0.39 is 0 Å². The molecule has 2 atom stereocenters. The molecule has 2 rings (SSSR count). The number of benzene rings is 1. The van der Waals surface area contributed by atoms with E-state index in [0.717, 1.165) is 4.47 Å². The van der Waals surface area contributed by atoms with Crippen molar-refractivity contribution in [3.05, 3.63) is 34.3 Å². The number of halogens is 1. The lowest BCUT2D eigenvalue weighted by atomic mass is 9.73. The fraction of sp³-hybridized carbons (Fsp3) is 0.625. The molecule has 18 heavy (non-hydrogen) atoms. The van der Waals surface area contributed by atoms with Gasteiger partial charge in [0.25, 0.3) is 0 Å². The lowest BCUT2D eigenvalue weighted by molar-refractivity contribution is 0.157. The third-order valence-electron chi connectivity index (χ3n) is 4.31. The van der Waals surface area contributed by atoms with Crippen molar-refractivity contribution in [3.8, 4) is 0 Å². The molecule has 0 aromatic heterocycles. The van der Waals surface area contributed by atoms with Crippen molar-refractivity contribution in [1.29, 1.82) is 0 Å². The Kier molecular flexibility index (Phi) is 4.50. The van der Waals surface area contributed by atoms with Crippen LogP contribution in [0.25, 0.3) is 0 Å². The maximum Gasteiger partial charge on any atom is 0.0294 e. The van der Waals surface area contributed by atoms with Crippen LogP contribution in [0.15, 0.2) is 28.7 Å². The van der Waals surface area contributed by atoms with Crippen LogP contribution in [0.4, 0.5) is 0 Å². The quantitative estimate of drug-likeness (QED) is 0.822. The maximum atomic E-state index is 3.83. The zero-order chi connectivity index (χ0) is 13.2. The van der Waals surface area contributed by atoms with Crippen molar-refractivity contribution < 1.29 is 0 Å². The molecule has 1 aliphatic rings. The van der Waals surface area contributed by atoms with Crippen molar-refractivity contribution in [3.63, 3.8) is 0 Å². The monoisotopic (exact) mass is 309 g/mol. The van der Waals surface area contributed by atoms with Crippen LogP contribution in [0.3, 0.4) is 0 Å². The van der Waals surface area contributed by atoms with Crippen LogP contribution < -0.4 is 5.32 Å². The first kappa shape index (κ1) is 14.1. The molecule has 0 heterocycles. The average Bonchev–Trinajstić information content (AvgIpc) is 2.31. The summed E-state index contributed by atoms with van der Waals surface area (Å²) in [6.45, 7) is 7.07. The largest absolute Gasteiger partial charge is 0.307 e. The van der Waals surface area contributed by atoms with E-state index in [1.807, 2.05) is 0 Å². The maximum absolute atomic E-state index is 3.83. The smallest absolute Gasteiger partial charge is 0.0294 e. The van der Waals surface area contributed by atoms with E-state index >= 15 is 0 Å². The highest BCUT2D eigenvalue weighted by atomic mass is 79.9. The predicted octanol–water partition coefficient (Wildman–Crippen LogP) is 5.07. The van der Waals surface area contributed by atoms with Crippen LogP contribution in [0.1, 0.15) is 58.1 Å². The van der Waals surface area contributed by atoms with Gasteiger partial charge in [0.05, 0.1) is 0 Å². The van der Waals surface area contributed by atoms with Crippen LogP contribution in [0.2, 0.25) is 0 Å². The summed E-state index contributed by atoms with van der Waals surface area (Å²) in [7, 11) is 0. The van der Waals surface area contributed by atoms with Gasteiger partial charge in [0.1, 0.15) is 0 Å². The molecular weight excluding hydrogens is 286 g/mol. The predicted molar refractivity (Wildman–Crippen MR) is 81.7 cm³/mol. The van der Waals surface area contributed by atoms with Crippen LogP contribution >= 0.6 is 15.9 Å². The highest BCUT2D eigenvalue weighted by Gasteiger charge is 2.32. The second-order valence-corrected chi connectivity index (χ2v) is 7.15. The topological polar surface area (TPSA) is 12.0 Å². The molecule has 0 amide bonds. The number of nitrogens with one attached hydrogen (secondary N) is 1. The van der Waals surface area contributed by atoms with Crippen molar-refractivity contribution >= 4 is 15.9 Å². The summed E-state index contributed by atoms with van der Waals surface area (Å²) < 4.78 is 1.16. The molecule has 1 N–H and O–H groups in total. The molecule has 1 aliphatic carbocycles. The molecular formula is C16H24BrN. The fourth-order valence-corrected chi connectivity index (χ4v) is 3.39. The van der Waals surface area contributed by atoms with Crippen molar-refractivity contribution in [1.82, 2.24) is 5.32 Å². The molecule has 1 saturated carbocycles. The minimum absolute atomic E-state index is 0.421. The summed E-state index contributed by atoms with van der Waals surface area (Å²) in [6, 6.07) is 9.68. The number of rotatable bonds is 3. The SMILES string of the molecule is C[C@@H](NC1CCCCC1(C)C)c1cccc(Br)c1. The molecule has 0 bridgehead atoms. The van der Waals surface area contributed by atoms with Gasteiger partial charge in [-0.2, -0.15) is 0 Å². The van der Waals surface area contributed by atoms with Crippen molar-refractivity contribution in [2.45, 2.75) is 58.5 Å². The van der Waals surface area contributed by atoms with Gasteiger partial charge in [-0.15, -0.1) is 0 Å². The Labute approximate surface area is 119 Å². The molecule has 1 nitrogen and oxygen atoms in total. The van der Waals surface area contributed by atoms with Gasteiger partial charge in [-0.25, -0.2) is 0 Å². The first-order valence-corrected chi connectivity index (χ1v) is 7.80. The van der Waals surface area contributed by atoms with Crippen LogP contribution in [-0.4, -0.2) is 6.04 Å². The number of hydrogen-bond donors (Lipinski definition) is 1. The van der Waals surface area contributed by atoms with E-state index in [4.69, 9.17) is 0 Å². The number of hydrogen-bond acceptors (Lipinski definition) is 1. The molecule has 1 unspecified atom stereocenters. The minimum atomic E-state index is 0.421. The Morgan fingerprint density at radius 3 is 2.78 bits per heavy atom. The Morgan fingerprint density at radius 1 is 1.33 bits per heavy atom. The Hall–Kier alpha value is -0.340. The molecule has 1 aromatic carbocycles. The lowest BCUT2D eigenvalue weighted by Gasteiger charge is -2.41. The summed E-state index contributed by atoms with van der Waals surface area (Å²) in [6.07, 6.45) is 5.41. The van der Waals surface area contributed by atoms with Crippen LogP contribution in [0, 0.1) is 5.41 Å². The minimum Gasteiger partial charge on any atom is -0.307 e. The highest BCUT2D eigenvalue weighted by Crippen LogP contribution is 2.36. The van der Waals surface area contributed by atoms with Gasteiger partial charge in [-0.3, -0.25) is 0 Å². The van der Waals surface area contributed by atoms with E-state index in [1.165, 1.54) is 31.2 Å². The van der Waals surface area contributed by atoms with Crippen LogP contribution in [0.5, 0.6) is 0 Å². The first-order chi connectivity index (χ1) is 8.49. The zero-order valence-corrected chi connectivity index (χ0v) is 13.3. The molecule has 1 fully saturated rings. The van der Waals surface area contributed by atoms with Gasteiger partial charge in [-0.1, -0.05) is 54.8 Å². The zero-order valence-electron chi connectivity index (χ0n) is 11.7. The second kappa shape index (κ2) is 5.75. The van der Waals surface area contributed by atoms with Gasteiger partial charge in [-0.05, 0) is 42.9 Å². The van der Waals surface area contributed by atoms with E-state index in [1.54, 1.807) is 0 Å². The summed E-state index contributed by atoms with van der Waals surface area (Å²) >= 11 is 3.55. The van der Waals surface area contributed by atoms with Crippen molar-refractivity contribution in [2.75, 3.05) is 0 Å². The molecule has 0 saturated heterocycles. The van der Waals surface area contributed by atoms with Crippen molar-refractivity contribution in [2.24, 2.45) is 5.41 Å². The van der Waals surface area contributed by atoms with E-state index in [-0.39, 0.29) is 0 Å². The highest BCUT2D eigenvalue weighted by molar-refractivity contribution is 9.10. The van der Waals surface area contributed by atoms with Gasteiger partial charge in [0.2, 0.25) is 0 Å². The Balaban J connectivity index is 2.04. The van der Waals surface area contributed by atoms with E-state index in [0.29, 0.717) is 17.5 Å². The normalized spacial score (nSPS) is 24.8. The third-order valence-corrected chi connectivity index (χ3v) is 4.80.